The molecule has 1 aliphatic heterocycles. The summed E-state index contributed by atoms with van der Waals surface area (Å²) in [5.41, 5.74) is 0. The Kier molecular flexibility index (Phi) is 9.08. The molecule has 1 atom stereocenters. The van der Waals surface area contributed by atoms with Crippen LogP contribution in [0.2, 0.25) is 0 Å². The van der Waals surface area contributed by atoms with Crippen LogP contribution >= 0.6 is 0 Å². The highest BCUT2D eigenvalue weighted by Crippen LogP contribution is 2.25. The molecule has 0 aromatic heterocycles. The second-order valence-corrected chi connectivity index (χ2v) is 7.40. The first kappa shape index (κ1) is 20.0. The number of amides is 1. The predicted octanol–water partition coefficient (Wildman–Crippen LogP) is 2.01. The van der Waals surface area contributed by atoms with Crippen molar-refractivity contribution in [3.05, 3.63) is 0 Å². The van der Waals surface area contributed by atoms with Crippen LogP contribution in [0.3, 0.4) is 0 Å². The van der Waals surface area contributed by atoms with E-state index in [0.717, 1.165) is 38.7 Å². The number of nitrogens with zero attached hydrogens (tertiary/aromatic N) is 2. The first-order chi connectivity index (χ1) is 12.2. The van der Waals surface area contributed by atoms with E-state index in [1.54, 1.807) is 0 Å². The third-order valence-corrected chi connectivity index (χ3v) is 5.15. The van der Waals surface area contributed by atoms with Crippen molar-refractivity contribution in [1.29, 1.82) is 0 Å². The minimum absolute atomic E-state index is 0.184. The first-order valence-electron chi connectivity index (χ1n) is 10.0. The molecule has 0 bridgehead atoms. The van der Waals surface area contributed by atoms with Gasteiger partial charge < -0.3 is 20.3 Å². The summed E-state index contributed by atoms with van der Waals surface area (Å²) in [6.07, 6.45) is 8.14. The quantitative estimate of drug-likeness (QED) is 0.398. The Morgan fingerprint density at radius 1 is 1.16 bits per heavy atom. The third-order valence-electron chi connectivity index (χ3n) is 5.15. The van der Waals surface area contributed by atoms with Crippen molar-refractivity contribution in [2.75, 3.05) is 46.4 Å². The standard InChI is InChI=1S/C19H36N4O2/c1-3-20-19(23(2)14-17-9-12-25-15-17)22-11-10-21-18(24)13-16-7-5-4-6-8-16/h16-17H,3-15H2,1-2H3,(H,20,22)(H,21,24). The molecule has 2 fully saturated rings. The number of carbonyl (C=O) groups is 1. The maximum absolute atomic E-state index is 12.0. The van der Waals surface area contributed by atoms with Gasteiger partial charge in [0.2, 0.25) is 5.91 Å². The topological polar surface area (TPSA) is 66.0 Å². The van der Waals surface area contributed by atoms with Crippen LogP contribution in [0.25, 0.3) is 0 Å². The first-order valence-corrected chi connectivity index (χ1v) is 10.0. The number of rotatable bonds is 8. The maximum Gasteiger partial charge on any atom is 0.220 e. The molecular formula is C19H36N4O2. The highest BCUT2D eigenvalue weighted by atomic mass is 16.5. The average Bonchev–Trinajstić information content (AvgIpc) is 3.11. The summed E-state index contributed by atoms with van der Waals surface area (Å²) >= 11 is 0. The minimum atomic E-state index is 0.184. The molecule has 0 spiro atoms. The van der Waals surface area contributed by atoms with Crippen LogP contribution in [0.4, 0.5) is 0 Å². The van der Waals surface area contributed by atoms with Crippen LogP contribution in [0.5, 0.6) is 0 Å². The third kappa shape index (κ3) is 7.63. The van der Waals surface area contributed by atoms with Gasteiger partial charge in [-0.05, 0) is 32.1 Å². The number of ether oxygens (including phenoxy) is 1. The number of hydrogen-bond acceptors (Lipinski definition) is 3. The van der Waals surface area contributed by atoms with Gasteiger partial charge >= 0.3 is 0 Å². The van der Waals surface area contributed by atoms with E-state index in [-0.39, 0.29) is 5.91 Å². The van der Waals surface area contributed by atoms with E-state index < -0.39 is 0 Å². The molecule has 144 valence electrons. The van der Waals surface area contributed by atoms with Crippen LogP contribution < -0.4 is 10.6 Å². The van der Waals surface area contributed by atoms with Crippen LogP contribution in [-0.2, 0) is 9.53 Å². The van der Waals surface area contributed by atoms with E-state index in [4.69, 9.17) is 4.74 Å². The number of guanidine groups is 1. The molecule has 1 amide bonds. The van der Waals surface area contributed by atoms with Gasteiger partial charge in [0.1, 0.15) is 0 Å². The molecule has 2 aliphatic rings. The predicted molar refractivity (Wildman–Crippen MR) is 102 cm³/mol. The van der Waals surface area contributed by atoms with E-state index in [0.29, 0.717) is 31.3 Å². The van der Waals surface area contributed by atoms with Crippen molar-refractivity contribution in [3.63, 3.8) is 0 Å². The van der Waals surface area contributed by atoms with Gasteiger partial charge in [0, 0.05) is 45.6 Å². The molecule has 1 unspecified atom stereocenters. The lowest BCUT2D eigenvalue weighted by atomic mass is 9.87. The molecule has 2 N–H and O–H groups in total. The molecule has 6 heteroatoms. The Morgan fingerprint density at radius 2 is 1.96 bits per heavy atom. The highest BCUT2D eigenvalue weighted by Gasteiger charge is 2.19. The summed E-state index contributed by atoms with van der Waals surface area (Å²) in [4.78, 5) is 18.9. The van der Waals surface area contributed by atoms with Crippen molar-refractivity contribution in [1.82, 2.24) is 15.5 Å². The minimum Gasteiger partial charge on any atom is -0.381 e. The number of aliphatic imine (C=N–C) groups is 1. The second kappa shape index (κ2) is 11.3. The van der Waals surface area contributed by atoms with E-state index in [2.05, 4.69) is 34.5 Å². The summed E-state index contributed by atoms with van der Waals surface area (Å²) < 4.78 is 5.45. The van der Waals surface area contributed by atoms with Gasteiger partial charge in [-0.25, -0.2) is 0 Å². The molecule has 1 saturated heterocycles. The fourth-order valence-corrected chi connectivity index (χ4v) is 3.75. The SMILES string of the molecule is CCNC(=NCCNC(=O)CC1CCCCC1)N(C)CC1CCOC1. The van der Waals surface area contributed by atoms with Gasteiger partial charge in [-0.2, -0.15) is 0 Å². The molecule has 0 aromatic carbocycles. The molecule has 25 heavy (non-hydrogen) atoms. The zero-order chi connectivity index (χ0) is 17.9. The Labute approximate surface area is 152 Å². The molecular weight excluding hydrogens is 316 g/mol. The van der Waals surface area contributed by atoms with Crippen molar-refractivity contribution in [3.8, 4) is 0 Å². The maximum atomic E-state index is 12.0. The van der Waals surface area contributed by atoms with Gasteiger partial charge in [-0.1, -0.05) is 19.3 Å². The Hall–Kier alpha value is -1.30. The van der Waals surface area contributed by atoms with Crippen molar-refractivity contribution < 1.29 is 9.53 Å². The lowest BCUT2D eigenvalue weighted by Gasteiger charge is -2.24. The van der Waals surface area contributed by atoms with E-state index in [9.17, 15) is 4.79 Å². The van der Waals surface area contributed by atoms with Crippen LogP contribution in [0.15, 0.2) is 4.99 Å². The normalized spacial score (nSPS) is 22.0. The molecule has 1 aliphatic carbocycles. The molecule has 0 radical (unpaired) electrons. The number of carbonyl (C=O) groups excluding carboxylic acids is 1. The van der Waals surface area contributed by atoms with Gasteiger partial charge in [0.15, 0.2) is 5.96 Å². The fraction of sp³-hybridized carbons (Fsp3) is 0.895. The van der Waals surface area contributed by atoms with Crippen molar-refractivity contribution in [2.45, 2.75) is 51.9 Å². The zero-order valence-corrected chi connectivity index (χ0v) is 16.1. The van der Waals surface area contributed by atoms with Crippen LogP contribution in [0, 0.1) is 11.8 Å². The van der Waals surface area contributed by atoms with Crippen LogP contribution in [-0.4, -0.2) is 63.2 Å². The summed E-state index contributed by atoms with van der Waals surface area (Å²) in [5.74, 6) is 2.28. The summed E-state index contributed by atoms with van der Waals surface area (Å²) in [6, 6.07) is 0. The van der Waals surface area contributed by atoms with Crippen molar-refractivity contribution in [2.24, 2.45) is 16.8 Å². The Bertz CT molecular complexity index is 416. The molecule has 6 nitrogen and oxygen atoms in total. The fourth-order valence-electron chi connectivity index (χ4n) is 3.75. The lowest BCUT2D eigenvalue weighted by molar-refractivity contribution is -0.122. The monoisotopic (exact) mass is 352 g/mol. The van der Waals surface area contributed by atoms with E-state index in [1.807, 2.05) is 0 Å². The highest BCUT2D eigenvalue weighted by molar-refractivity contribution is 5.80. The van der Waals surface area contributed by atoms with Crippen LogP contribution in [0.1, 0.15) is 51.9 Å². The summed E-state index contributed by atoms with van der Waals surface area (Å²) in [5, 5.41) is 6.36. The average molecular weight is 353 g/mol. The summed E-state index contributed by atoms with van der Waals surface area (Å²) in [7, 11) is 2.07. The second-order valence-electron chi connectivity index (χ2n) is 7.40. The van der Waals surface area contributed by atoms with Gasteiger partial charge in [0.05, 0.1) is 13.2 Å². The molecule has 2 rings (SSSR count). The van der Waals surface area contributed by atoms with E-state index in [1.165, 1.54) is 32.1 Å². The number of nitrogens with one attached hydrogen (secondary N) is 2. The number of hydrogen-bond donors (Lipinski definition) is 2. The Balaban J connectivity index is 1.67. The zero-order valence-electron chi connectivity index (χ0n) is 16.1. The van der Waals surface area contributed by atoms with Gasteiger partial charge in [-0.3, -0.25) is 9.79 Å². The van der Waals surface area contributed by atoms with E-state index >= 15 is 0 Å². The summed E-state index contributed by atoms with van der Waals surface area (Å²) in [6.45, 7) is 6.83. The largest absolute Gasteiger partial charge is 0.381 e. The molecule has 1 heterocycles. The van der Waals surface area contributed by atoms with Gasteiger partial charge in [0.25, 0.3) is 0 Å². The van der Waals surface area contributed by atoms with Crippen molar-refractivity contribution >= 4 is 11.9 Å². The Morgan fingerprint density at radius 3 is 2.64 bits per heavy atom. The lowest BCUT2D eigenvalue weighted by Crippen LogP contribution is -2.42. The smallest absolute Gasteiger partial charge is 0.220 e. The molecule has 0 aromatic rings. The molecule has 1 saturated carbocycles. The van der Waals surface area contributed by atoms with Gasteiger partial charge in [-0.15, -0.1) is 0 Å².